The highest BCUT2D eigenvalue weighted by atomic mass is 15.1. The van der Waals surface area contributed by atoms with Gasteiger partial charge in [0.25, 0.3) is 0 Å². The molecule has 0 aromatic rings. The molecule has 0 heterocycles. The molecule has 0 rings (SSSR count). The number of nitrogens with two attached hydrogens (primary N) is 2. The summed E-state index contributed by atoms with van der Waals surface area (Å²) in [6.45, 7) is 3.17. The highest BCUT2D eigenvalue weighted by molar-refractivity contribution is 5.71. The molecule has 0 atom stereocenters. The van der Waals surface area contributed by atoms with Crippen molar-refractivity contribution >= 4 is 12.9 Å². The average molecular weight is 112 g/mol. The second kappa shape index (κ2) is 3.86. The lowest BCUT2D eigenvalue weighted by Crippen LogP contribution is -1.92. The van der Waals surface area contributed by atoms with Crippen LogP contribution in [0.1, 0.15) is 0 Å². The van der Waals surface area contributed by atoms with Gasteiger partial charge in [-0.25, -0.2) is 4.99 Å². The fraction of sp³-hybridized carbons (Fsp3) is 0. The van der Waals surface area contributed by atoms with Crippen molar-refractivity contribution in [3.63, 3.8) is 0 Å². The number of hydrogen-bond donors (Lipinski definition) is 2. The summed E-state index contributed by atoms with van der Waals surface area (Å²) in [5.74, 6) is 5.04. The summed E-state index contributed by atoms with van der Waals surface area (Å²) in [6.07, 6.45) is 2.79. The Kier molecular flexibility index (Phi) is 3.22. The molecule has 0 fully saturated rings. The van der Waals surface area contributed by atoms with Crippen molar-refractivity contribution in [2.75, 3.05) is 0 Å². The highest BCUT2D eigenvalue weighted by Crippen LogP contribution is 1.77. The van der Waals surface area contributed by atoms with Crippen LogP contribution in [-0.2, 0) is 0 Å². The molecule has 44 valence electrons. The Morgan fingerprint density at radius 2 is 2.25 bits per heavy atom. The molecule has 0 bridgehead atoms. The van der Waals surface area contributed by atoms with Crippen LogP contribution in [0.5, 0.6) is 0 Å². The van der Waals surface area contributed by atoms with Crippen LogP contribution in [-0.4, -0.2) is 12.9 Å². The Labute approximate surface area is 47.6 Å². The van der Waals surface area contributed by atoms with Gasteiger partial charge in [-0.05, 0) is 6.72 Å². The van der Waals surface area contributed by atoms with Gasteiger partial charge < -0.3 is 11.6 Å². The zero-order valence-corrected chi connectivity index (χ0v) is 4.41. The van der Waals surface area contributed by atoms with Crippen molar-refractivity contribution in [1.29, 1.82) is 0 Å². The molecule has 0 aromatic carbocycles. The minimum Gasteiger partial charge on any atom is -0.384 e. The van der Waals surface area contributed by atoms with Crippen molar-refractivity contribution in [3.05, 3.63) is 11.9 Å². The Balaban J connectivity index is 3.74. The molecule has 0 unspecified atom stereocenters. The molecular weight excluding hydrogens is 104 g/mol. The quantitative estimate of drug-likeness (QED) is 0.285. The second-order valence-electron chi connectivity index (χ2n) is 1.05. The smallest absolute Gasteiger partial charge is 0.124 e. The third-order valence-corrected chi connectivity index (χ3v) is 0.514. The number of hydrazone groups is 1. The minimum absolute atomic E-state index is 0.305. The van der Waals surface area contributed by atoms with Crippen LogP contribution in [0.15, 0.2) is 22.0 Å². The Hall–Kier alpha value is -1.32. The summed E-state index contributed by atoms with van der Waals surface area (Å²) >= 11 is 0. The molecule has 0 saturated heterocycles. The van der Waals surface area contributed by atoms with Crippen LogP contribution in [0.25, 0.3) is 0 Å². The summed E-state index contributed by atoms with van der Waals surface area (Å²) in [7, 11) is 0. The standard InChI is InChI=1S/C4H8N4/c1-7-4(5)2-3-8-6/h2-3H,1,5-6H2/b4-2-,8-3?. The SMILES string of the molecule is C=N/C(N)=C\C=NN. The van der Waals surface area contributed by atoms with Crippen molar-refractivity contribution < 1.29 is 0 Å². The monoisotopic (exact) mass is 112 g/mol. The van der Waals surface area contributed by atoms with Gasteiger partial charge in [-0.3, -0.25) is 0 Å². The first-order chi connectivity index (χ1) is 3.81. The Bertz CT molecular complexity index is 124. The summed E-state index contributed by atoms with van der Waals surface area (Å²) in [5, 5.41) is 3.15. The molecule has 0 aliphatic carbocycles. The third kappa shape index (κ3) is 2.89. The molecule has 8 heavy (non-hydrogen) atoms. The van der Waals surface area contributed by atoms with E-state index in [0.29, 0.717) is 5.82 Å². The van der Waals surface area contributed by atoms with Crippen molar-refractivity contribution in [1.82, 2.24) is 0 Å². The molecule has 0 aromatic heterocycles. The number of hydrogen-bond acceptors (Lipinski definition) is 4. The van der Waals surface area contributed by atoms with E-state index in [-0.39, 0.29) is 0 Å². The second-order valence-corrected chi connectivity index (χ2v) is 1.05. The topological polar surface area (TPSA) is 76.8 Å². The zero-order chi connectivity index (χ0) is 6.41. The van der Waals surface area contributed by atoms with Crippen molar-refractivity contribution in [2.24, 2.45) is 21.7 Å². The fourth-order valence-electron chi connectivity index (χ4n) is 0.172. The van der Waals surface area contributed by atoms with Crippen LogP contribution >= 0.6 is 0 Å². The van der Waals surface area contributed by atoms with Crippen LogP contribution < -0.4 is 11.6 Å². The van der Waals surface area contributed by atoms with E-state index in [2.05, 4.69) is 16.8 Å². The molecule has 0 aliphatic heterocycles. The molecular formula is C4H8N4. The zero-order valence-electron chi connectivity index (χ0n) is 4.41. The van der Waals surface area contributed by atoms with Gasteiger partial charge in [0.1, 0.15) is 5.82 Å². The van der Waals surface area contributed by atoms with Gasteiger partial charge in [-0.2, -0.15) is 5.10 Å². The molecule has 0 saturated carbocycles. The summed E-state index contributed by atoms with van der Waals surface area (Å²) < 4.78 is 0. The minimum atomic E-state index is 0.305. The van der Waals surface area contributed by atoms with E-state index >= 15 is 0 Å². The first kappa shape index (κ1) is 6.68. The fourth-order valence-corrected chi connectivity index (χ4v) is 0.172. The van der Waals surface area contributed by atoms with E-state index < -0.39 is 0 Å². The lowest BCUT2D eigenvalue weighted by Gasteiger charge is -1.81. The van der Waals surface area contributed by atoms with Crippen LogP contribution in [0.3, 0.4) is 0 Å². The van der Waals surface area contributed by atoms with Crippen molar-refractivity contribution in [2.45, 2.75) is 0 Å². The predicted octanol–water partition coefficient (Wildman–Crippen LogP) is -0.568. The Morgan fingerprint density at radius 3 is 2.62 bits per heavy atom. The number of allylic oxidation sites excluding steroid dienone is 1. The summed E-state index contributed by atoms with van der Waals surface area (Å²) in [5.41, 5.74) is 5.14. The van der Waals surface area contributed by atoms with E-state index in [0.717, 1.165) is 0 Å². The van der Waals surface area contributed by atoms with Gasteiger partial charge in [0.2, 0.25) is 0 Å². The van der Waals surface area contributed by atoms with Crippen LogP contribution in [0.4, 0.5) is 0 Å². The predicted molar refractivity (Wildman–Crippen MR) is 34.5 cm³/mol. The van der Waals surface area contributed by atoms with Gasteiger partial charge in [0.05, 0.1) is 6.21 Å². The van der Waals surface area contributed by atoms with Crippen LogP contribution in [0, 0.1) is 0 Å². The third-order valence-electron chi connectivity index (χ3n) is 0.514. The molecule has 4 nitrogen and oxygen atoms in total. The largest absolute Gasteiger partial charge is 0.384 e. The van der Waals surface area contributed by atoms with E-state index in [1.807, 2.05) is 0 Å². The lowest BCUT2D eigenvalue weighted by molar-refractivity contribution is 1.24. The summed E-state index contributed by atoms with van der Waals surface area (Å²) in [4.78, 5) is 3.37. The number of rotatable bonds is 2. The first-order valence-corrected chi connectivity index (χ1v) is 1.97. The van der Waals surface area contributed by atoms with Crippen LogP contribution in [0.2, 0.25) is 0 Å². The maximum Gasteiger partial charge on any atom is 0.124 e. The van der Waals surface area contributed by atoms with Gasteiger partial charge in [0.15, 0.2) is 0 Å². The Morgan fingerprint density at radius 1 is 1.62 bits per heavy atom. The average Bonchev–Trinajstić information content (AvgIpc) is 1.83. The highest BCUT2D eigenvalue weighted by Gasteiger charge is 1.72. The van der Waals surface area contributed by atoms with Gasteiger partial charge in [-0.1, -0.05) is 0 Å². The normalized spacial score (nSPS) is 12.2. The maximum absolute atomic E-state index is 5.14. The number of aliphatic imine (C=N–C) groups is 1. The molecule has 0 aliphatic rings. The molecule has 0 spiro atoms. The van der Waals surface area contributed by atoms with E-state index in [1.54, 1.807) is 0 Å². The molecule has 4 heteroatoms. The van der Waals surface area contributed by atoms with Crippen molar-refractivity contribution in [3.8, 4) is 0 Å². The number of nitrogens with zero attached hydrogens (tertiary/aromatic N) is 2. The molecule has 0 amide bonds. The maximum atomic E-state index is 5.14. The van der Waals surface area contributed by atoms with Gasteiger partial charge in [-0.15, -0.1) is 0 Å². The van der Waals surface area contributed by atoms with E-state index in [1.165, 1.54) is 12.3 Å². The van der Waals surface area contributed by atoms with E-state index in [4.69, 9.17) is 11.6 Å². The van der Waals surface area contributed by atoms with Gasteiger partial charge in [0, 0.05) is 6.08 Å². The summed E-state index contributed by atoms with van der Waals surface area (Å²) in [6, 6.07) is 0. The lowest BCUT2D eigenvalue weighted by atomic mass is 10.6. The molecule has 0 radical (unpaired) electrons. The van der Waals surface area contributed by atoms with Gasteiger partial charge >= 0.3 is 0 Å². The molecule has 4 N–H and O–H groups in total. The first-order valence-electron chi connectivity index (χ1n) is 1.97. The van der Waals surface area contributed by atoms with E-state index in [9.17, 15) is 0 Å².